The third kappa shape index (κ3) is 2.36. The predicted molar refractivity (Wildman–Crippen MR) is 92.5 cm³/mol. The lowest BCUT2D eigenvalue weighted by atomic mass is 10.1. The van der Waals surface area contributed by atoms with Crippen LogP contribution in [-0.4, -0.2) is 9.97 Å². The van der Waals surface area contributed by atoms with E-state index in [1.165, 1.54) is 5.39 Å². The summed E-state index contributed by atoms with van der Waals surface area (Å²) >= 11 is 11.4. The number of H-pyrrole nitrogens is 2. The van der Waals surface area contributed by atoms with Gasteiger partial charge in [-0.1, -0.05) is 41.9 Å². The molecule has 0 saturated heterocycles. The Hall–Kier alpha value is -2.30. The molecule has 1 heterocycles. The van der Waals surface area contributed by atoms with Gasteiger partial charge in [0.15, 0.2) is 4.77 Å². The van der Waals surface area contributed by atoms with Crippen LogP contribution in [0, 0.1) is 4.77 Å². The molecule has 4 rings (SSSR count). The number of fused-ring (bicyclic) bond motifs is 2. The smallest absolute Gasteiger partial charge is 0.175 e. The molecule has 0 spiro atoms. The fourth-order valence-corrected chi connectivity index (χ4v) is 2.89. The lowest BCUT2D eigenvalue weighted by Crippen LogP contribution is -1.86. The Labute approximate surface area is 136 Å². The maximum absolute atomic E-state index is 6.29. The zero-order valence-electron chi connectivity index (χ0n) is 11.4. The van der Waals surface area contributed by atoms with E-state index in [-0.39, 0.29) is 0 Å². The highest BCUT2D eigenvalue weighted by atomic mass is 35.5. The maximum atomic E-state index is 6.29. The quantitative estimate of drug-likeness (QED) is 0.455. The lowest BCUT2D eigenvalue weighted by Gasteiger charge is -2.08. The first-order valence-corrected chi connectivity index (χ1v) is 7.56. The molecule has 0 unspecified atom stereocenters. The fourth-order valence-electron chi connectivity index (χ4n) is 2.47. The summed E-state index contributed by atoms with van der Waals surface area (Å²) in [5.74, 6) is 1.34. The van der Waals surface area contributed by atoms with Crippen molar-refractivity contribution in [2.45, 2.75) is 0 Å². The van der Waals surface area contributed by atoms with Crippen LogP contribution in [0.3, 0.4) is 0 Å². The summed E-state index contributed by atoms with van der Waals surface area (Å²) in [6, 6.07) is 17.7. The molecule has 0 fully saturated rings. The van der Waals surface area contributed by atoms with E-state index in [1.54, 1.807) is 6.07 Å². The number of nitrogens with one attached hydrogen (secondary N) is 2. The highest BCUT2D eigenvalue weighted by molar-refractivity contribution is 7.71. The molecule has 0 saturated carbocycles. The SMILES string of the molecule is S=c1[nH]c2cc(Cl)c(Oc3ccc4ccccc4c3)cc2[nH]1. The molecule has 3 aromatic carbocycles. The third-order valence-electron chi connectivity index (χ3n) is 3.52. The molecule has 0 aliphatic carbocycles. The van der Waals surface area contributed by atoms with Gasteiger partial charge < -0.3 is 14.7 Å². The largest absolute Gasteiger partial charge is 0.456 e. The number of imidazole rings is 1. The van der Waals surface area contributed by atoms with Crippen LogP contribution in [0.5, 0.6) is 11.5 Å². The van der Waals surface area contributed by atoms with Gasteiger partial charge in [0.1, 0.15) is 11.5 Å². The summed E-state index contributed by atoms with van der Waals surface area (Å²) in [6.45, 7) is 0. The molecule has 3 nitrogen and oxygen atoms in total. The number of aromatic nitrogens is 2. The monoisotopic (exact) mass is 326 g/mol. The zero-order valence-corrected chi connectivity index (χ0v) is 13.0. The van der Waals surface area contributed by atoms with Gasteiger partial charge in [0.25, 0.3) is 0 Å². The minimum absolute atomic E-state index is 0.533. The minimum Gasteiger partial charge on any atom is -0.456 e. The normalized spacial score (nSPS) is 11.1. The topological polar surface area (TPSA) is 40.8 Å². The van der Waals surface area contributed by atoms with Crippen molar-refractivity contribution >= 4 is 45.6 Å². The Morgan fingerprint density at radius 1 is 0.864 bits per heavy atom. The molecule has 0 bridgehead atoms. The van der Waals surface area contributed by atoms with Crippen LogP contribution in [0.1, 0.15) is 0 Å². The van der Waals surface area contributed by atoms with Crippen molar-refractivity contribution in [3.63, 3.8) is 0 Å². The van der Waals surface area contributed by atoms with Crippen molar-refractivity contribution in [3.05, 3.63) is 64.4 Å². The van der Waals surface area contributed by atoms with Gasteiger partial charge >= 0.3 is 0 Å². The van der Waals surface area contributed by atoms with Crippen LogP contribution >= 0.6 is 23.8 Å². The first-order valence-electron chi connectivity index (χ1n) is 6.77. The number of hydrogen-bond acceptors (Lipinski definition) is 2. The molecular formula is C17H11ClN2OS. The maximum Gasteiger partial charge on any atom is 0.175 e. The van der Waals surface area contributed by atoms with Crippen molar-refractivity contribution in [2.75, 3.05) is 0 Å². The second kappa shape index (κ2) is 5.16. The van der Waals surface area contributed by atoms with Crippen molar-refractivity contribution in [3.8, 4) is 11.5 Å². The highest BCUT2D eigenvalue weighted by Crippen LogP contribution is 2.33. The van der Waals surface area contributed by atoms with E-state index in [2.05, 4.69) is 22.1 Å². The molecule has 0 amide bonds. The Morgan fingerprint density at radius 2 is 1.59 bits per heavy atom. The summed E-state index contributed by atoms with van der Waals surface area (Å²) in [7, 11) is 0. The molecule has 108 valence electrons. The van der Waals surface area contributed by atoms with Crippen molar-refractivity contribution < 1.29 is 4.74 Å². The number of aromatic amines is 2. The van der Waals surface area contributed by atoms with Crippen LogP contribution in [0.2, 0.25) is 5.02 Å². The molecular weight excluding hydrogens is 316 g/mol. The Kier molecular flexibility index (Phi) is 3.13. The molecule has 5 heteroatoms. The number of rotatable bonds is 2. The van der Waals surface area contributed by atoms with Crippen LogP contribution in [0.15, 0.2) is 54.6 Å². The van der Waals surface area contributed by atoms with Gasteiger partial charge in [-0.2, -0.15) is 0 Å². The van der Waals surface area contributed by atoms with E-state index in [0.29, 0.717) is 15.5 Å². The number of benzene rings is 3. The zero-order chi connectivity index (χ0) is 15.1. The first-order chi connectivity index (χ1) is 10.7. The van der Waals surface area contributed by atoms with Crippen LogP contribution in [0.25, 0.3) is 21.8 Å². The number of hydrogen-bond donors (Lipinski definition) is 2. The van der Waals surface area contributed by atoms with E-state index >= 15 is 0 Å². The van der Waals surface area contributed by atoms with Gasteiger partial charge in [-0.3, -0.25) is 0 Å². The van der Waals surface area contributed by atoms with Gasteiger partial charge in [-0.15, -0.1) is 0 Å². The van der Waals surface area contributed by atoms with E-state index < -0.39 is 0 Å². The van der Waals surface area contributed by atoms with Crippen molar-refractivity contribution in [2.24, 2.45) is 0 Å². The molecule has 2 N–H and O–H groups in total. The lowest BCUT2D eigenvalue weighted by molar-refractivity contribution is 0.484. The van der Waals surface area contributed by atoms with Crippen molar-refractivity contribution in [1.82, 2.24) is 9.97 Å². The van der Waals surface area contributed by atoms with Gasteiger partial charge in [0.2, 0.25) is 0 Å². The fraction of sp³-hybridized carbons (Fsp3) is 0. The van der Waals surface area contributed by atoms with Gasteiger partial charge in [-0.05, 0) is 41.2 Å². The first kappa shape index (κ1) is 13.4. The highest BCUT2D eigenvalue weighted by Gasteiger charge is 2.08. The summed E-state index contributed by atoms with van der Waals surface area (Å²) in [6.07, 6.45) is 0. The van der Waals surface area contributed by atoms with Gasteiger partial charge in [0, 0.05) is 6.07 Å². The standard InChI is InChI=1S/C17H11ClN2OS/c18-13-8-14-15(20-17(22)19-14)9-16(13)21-12-6-5-10-3-1-2-4-11(10)7-12/h1-9H,(H2,19,20,22). The molecule has 0 atom stereocenters. The summed E-state index contributed by atoms with van der Waals surface area (Å²) in [4.78, 5) is 6.10. The molecule has 0 aliphatic rings. The third-order valence-corrected chi connectivity index (χ3v) is 4.02. The van der Waals surface area contributed by atoms with E-state index in [1.807, 2.05) is 36.4 Å². The molecule has 22 heavy (non-hydrogen) atoms. The van der Waals surface area contributed by atoms with E-state index in [0.717, 1.165) is 22.2 Å². The molecule has 0 aliphatic heterocycles. The number of halogens is 1. The summed E-state index contributed by atoms with van der Waals surface area (Å²) < 4.78 is 6.50. The molecule has 0 radical (unpaired) electrons. The van der Waals surface area contributed by atoms with E-state index in [4.69, 9.17) is 28.6 Å². The van der Waals surface area contributed by atoms with Crippen LogP contribution in [-0.2, 0) is 0 Å². The van der Waals surface area contributed by atoms with Crippen LogP contribution < -0.4 is 4.74 Å². The van der Waals surface area contributed by atoms with Crippen LogP contribution in [0.4, 0.5) is 0 Å². The second-order valence-corrected chi connectivity index (χ2v) is 5.83. The Balaban J connectivity index is 1.77. The Bertz CT molecular complexity index is 1050. The predicted octanol–water partition coefficient (Wildman–Crippen LogP) is 5.82. The average Bonchev–Trinajstić information content (AvgIpc) is 2.86. The Morgan fingerprint density at radius 3 is 2.41 bits per heavy atom. The average molecular weight is 327 g/mol. The van der Waals surface area contributed by atoms with Gasteiger partial charge in [0.05, 0.1) is 16.1 Å². The summed E-state index contributed by atoms with van der Waals surface area (Å²) in [5, 5.41) is 2.83. The van der Waals surface area contributed by atoms with E-state index in [9.17, 15) is 0 Å². The minimum atomic E-state index is 0.533. The molecule has 1 aromatic heterocycles. The number of ether oxygens (including phenoxy) is 1. The molecule has 4 aromatic rings. The second-order valence-electron chi connectivity index (χ2n) is 5.02. The van der Waals surface area contributed by atoms with Crippen molar-refractivity contribution in [1.29, 1.82) is 0 Å². The van der Waals surface area contributed by atoms with Gasteiger partial charge in [-0.25, -0.2) is 0 Å². The summed E-state index contributed by atoms with van der Waals surface area (Å²) in [5.41, 5.74) is 1.73.